The molecule has 1 aliphatic heterocycles. The van der Waals surface area contributed by atoms with Crippen molar-refractivity contribution in [3.05, 3.63) is 35.4 Å². The van der Waals surface area contributed by atoms with Crippen molar-refractivity contribution in [2.24, 2.45) is 0 Å². The van der Waals surface area contributed by atoms with Crippen LogP contribution in [0.4, 0.5) is 0 Å². The molecule has 0 unspecified atom stereocenters. The highest BCUT2D eigenvalue weighted by Crippen LogP contribution is 2.15. The number of hydrogen-bond donors (Lipinski definition) is 3. The Balaban J connectivity index is 0.00000220. The smallest absolute Gasteiger partial charge is 0.230 e. The Morgan fingerprint density at radius 2 is 2.24 bits per heavy atom. The molecule has 21 heavy (non-hydrogen) atoms. The summed E-state index contributed by atoms with van der Waals surface area (Å²) in [5, 5.41) is 15.8. The number of amides is 1. The second-order valence-electron chi connectivity index (χ2n) is 5.15. The molecule has 6 heteroatoms. The fraction of sp³-hybridized carbons (Fsp3) is 0.533. The van der Waals surface area contributed by atoms with Gasteiger partial charge in [0, 0.05) is 12.3 Å². The molecule has 0 aliphatic carbocycles. The molecular weight excluding hydrogens is 308 g/mol. The Labute approximate surface area is 136 Å². The van der Waals surface area contributed by atoms with Crippen molar-refractivity contribution in [2.75, 3.05) is 18.8 Å². The average molecular weight is 331 g/mol. The van der Waals surface area contributed by atoms with Crippen molar-refractivity contribution in [1.29, 1.82) is 0 Å². The maximum atomic E-state index is 11.9. The van der Waals surface area contributed by atoms with E-state index in [1.807, 2.05) is 12.1 Å². The summed E-state index contributed by atoms with van der Waals surface area (Å²) in [7, 11) is 0. The SMILES string of the molecule is Cc1ccccc1CSCC(=O)N[C@@H]1CCNC[C@H]1O.Cl. The minimum atomic E-state index is -0.478. The minimum absolute atomic E-state index is 0. The molecule has 1 saturated heterocycles. The van der Waals surface area contributed by atoms with Gasteiger partial charge in [0.15, 0.2) is 0 Å². The second-order valence-corrected chi connectivity index (χ2v) is 6.14. The topological polar surface area (TPSA) is 61.4 Å². The van der Waals surface area contributed by atoms with Crippen molar-refractivity contribution < 1.29 is 9.90 Å². The number of β-amino-alcohol motifs (C(OH)–C–C–N with tert-alkyl or cyclic N) is 1. The number of carbonyl (C=O) groups excluding carboxylic acids is 1. The number of carbonyl (C=O) groups is 1. The molecule has 0 aromatic heterocycles. The molecule has 0 spiro atoms. The van der Waals surface area contributed by atoms with Gasteiger partial charge in [-0.25, -0.2) is 0 Å². The van der Waals surface area contributed by atoms with E-state index in [1.54, 1.807) is 11.8 Å². The maximum Gasteiger partial charge on any atom is 0.230 e. The van der Waals surface area contributed by atoms with E-state index >= 15 is 0 Å². The van der Waals surface area contributed by atoms with Crippen LogP contribution in [0.15, 0.2) is 24.3 Å². The number of hydrogen-bond acceptors (Lipinski definition) is 4. The predicted octanol–water partition coefficient (Wildman–Crippen LogP) is 1.49. The van der Waals surface area contributed by atoms with Crippen LogP contribution >= 0.6 is 24.2 Å². The Kier molecular flexibility index (Phi) is 8.11. The van der Waals surface area contributed by atoms with E-state index in [2.05, 4.69) is 29.7 Å². The van der Waals surface area contributed by atoms with Gasteiger partial charge in [0.1, 0.15) is 0 Å². The lowest BCUT2D eigenvalue weighted by Crippen LogP contribution is -2.53. The van der Waals surface area contributed by atoms with Crippen LogP contribution in [0, 0.1) is 6.92 Å². The molecule has 1 aliphatic rings. The molecule has 2 atom stereocenters. The van der Waals surface area contributed by atoms with Gasteiger partial charge in [-0.1, -0.05) is 24.3 Å². The number of halogens is 1. The first-order valence-corrected chi connectivity index (χ1v) is 8.12. The summed E-state index contributed by atoms with van der Waals surface area (Å²) in [4.78, 5) is 11.9. The lowest BCUT2D eigenvalue weighted by molar-refractivity contribution is -0.120. The van der Waals surface area contributed by atoms with Crippen LogP contribution in [0.5, 0.6) is 0 Å². The van der Waals surface area contributed by atoms with Crippen LogP contribution in [0.2, 0.25) is 0 Å². The Morgan fingerprint density at radius 3 is 2.95 bits per heavy atom. The number of aryl methyl sites for hydroxylation is 1. The number of benzene rings is 1. The third-order valence-electron chi connectivity index (χ3n) is 3.55. The van der Waals surface area contributed by atoms with Crippen LogP contribution in [-0.4, -0.2) is 42.0 Å². The zero-order chi connectivity index (χ0) is 14.4. The number of nitrogens with one attached hydrogen (secondary N) is 2. The fourth-order valence-electron chi connectivity index (χ4n) is 2.28. The lowest BCUT2D eigenvalue weighted by atomic mass is 10.0. The molecule has 118 valence electrons. The maximum absolute atomic E-state index is 11.9. The second kappa shape index (κ2) is 9.30. The minimum Gasteiger partial charge on any atom is -0.390 e. The summed E-state index contributed by atoms with van der Waals surface area (Å²) in [5.41, 5.74) is 2.53. The van der Waals surface area contributed by atoms with E-state index < -0.39 is 6.10 Å². The number of rotatable bonds is 5. The van der Waals surface area contributed by atoms with Crippen molar-refractivity contribution >= 4 is 30.1 Å². The van der Waals surface area contributed by atoms with Gasteiger partial charge in [0.05, 0.1) is 17.9 Å². The zero-order valence-electron chi connectivity index (χ0n) is 12.2. The highest BCUT2D eigenvalue weighted by molar-refractivity contribution is 7.99. The van der Waals surface area contributed by atoms with Crippen molar-refractivity contribution in [2.45, 2.75) is 31.2 Å². The first-order chi connectivity index (χ1) is 9.66. The van der Waals surface area contributed by atoms with Gasteiger partial charge in [-0.05, 0) is 31.0 Å². The third kappa shape index (κ3) is 5.87. The average Bonchev–Trinajstić information content (AvgIpc) is 2.43. The molecule has 2 rings (SSSR count). The van der Waals surface area contributed by atoms with Gasteiger partial charge < -0.3 is 15.7 Å². The van der Waals surface area contributed by atoms with Gasteiger partial charge in [0.25, 0.3) is 0 Å². The summed E-state index contributed by atoms with van der Waals surface area (Å²) in [6.07, 6.45) is 0.309. The quantitative estimate of drug-likeness (QED) is 0.765. The Hall–Kier alpha value is -0.750. The summed E-state index contributed by atoms with van der Waals surface area (Å²) in [6, 6.07) is 8.11. The zero-order valence-corrected chi connectivity index (χ0v) is 13.8. The van der Waals surface area contributed by atoms with Crippen LogP contribution in [0.1, 0.15) is 17.5 Å². The van der Waals surface area contributed by atoms with Crippen LogP contribution in [0.25, 0.3) is 0 Å². The van der Waals surface area contributed by atoms with Crippen LogP contribution in [-0.2, 0) is 10.5 Å². The fourth-order valence-corrected chi connectivity index (χ4v) is 3.20. The molecule has 0 radical (unpaired) electrons. The van der Waals surface area contributed by atoms with E-state index in [4.69, 9.17) is 0 Å². The molecule has 3 N–H and O–H groups in total. The van der Waals surface area contributed by atoms with Gasteiger partial charge in [-0.2, -0.15) is 0 Å². The third-order valence-corrected chi connectivity index (χ3v) is 4.53. The standard InChI is InChI=1S/C15H22N2O2S.ClH/c1-11-4-2-3-5-12(11)9-20-10-15(19)17-13-6-7-16-8-14(13)18;/h2-5,13-14,16,18H,6-10H2,1H3,(H,17,19);1H/t13-,14-;/m1./s1. The first-order valence-electron chi connectivity index (χ1n) is 6.97. The monoisotopic (exact) mass is 330 g/mol. The molecule has 0 saturated carbocycles. The normalized spacial score (nSPS) is 21.4. The molecule has 0 bridgehead atoms. The molecule has 1 aromatic rings. The molecule has 1 aromatic carbocycles. The van der Waals surface area contributed by atoms with E-state index in [9.17, 15) is 9.90 Å². The molecule has 1 fully saturated rings. The predicted molar refractivity (Wildman–Crippen MR) is 90.0 cm³/mol. The molecule has 1 amide bonds. The Morgan fingerprint density at radius 1 is 1.48 bits per heavy atom. The van der Waals surface area contributed by atoms with E-state index in [1.165, 1.54) is 11.1 Å². The highest BCUT2D eigenvalue weighted by Gasteiger charge is 2.23. The largest absolute Gasteiger partial charge is 0.390 e. The molecular formula is C15H23ClN2O2S. The number of thioether (sulfide) groups is 1. The molecule has 4 nitrogen and oxygen atoms in total. The number of piperidine rings is 1. The van der Waals surface area contributed by atoms with Crippen LogP contribution < -0.4 is 10.6 Å². The van der Waals surface area contributed by atoms with Gasteiger partial charge in [-0.15, -0.1) is 24.2 Å². The van der Waals surface area contributed by atoms with Crippen LogP contribution in [0.3, 0.4) is 0 Å². The first kappa shape index (κ1) is 18.3. The summed E-state index contributed by atoms with van der Waals surface area (Å²) in [6.45, 7) is 3.49. The molecule has 1 heterocycles. The Bertz CT molecular complexity index is 459. The van der Waals surface area contributed by atoms with Crippen molar-refractivity contribution in [3.8, 4) is 0 Å². The van der Waals surface area contributed by atoms with Gasteiger partial charge in [0.2, 0.25) is 5.91 Å². The highest BCUT2D eigenvalue weighted by atomic mass is 35.5. The van der Waals surface area contributed by atoms with Crippen molar-refractivity contribution in [1.82, 2.24) is 10.6 Å². The van der Waals surface area contributed by atoms with Gasteiger partial charge >= 0.3 is 0 Å². The van der Waals surface area contributed by atoms with E-state index in [-0.39, 0.29) is 24.4 Å². The summed E-state index contributed by atoms with van der Waals surface area (Å²) < 4.78 is 0. The summed E-state index contributed by atoms with van der Waals surface area (Å²) >= 11 is 1.61. The lowest BCUT2D eigenvalue weighted by Gasteiger charge is -2.29. The van der Waals surface area contributed by atoms with Crippen molar-refractivity contribution in [3.63, 3.8) is 0 Å². The number of aliphatic hydroxyl groups excluding tert-OH is 1. The number of aliphatic hydroxyl groups is 1. The summed E-state index contributed by atoms with van der Waals surface area (Å²) in [5.74, 6) is 1.29. The van der Waals surface area contributed by atoms with Gasteiger partial charge in [-0.3, -0.25) is 4.79 Å². The van der Waals surface area contributed by atoms with E-state index in [0.29, 0.717) is 12.3 Å². The van der Waals surface area contributed by atoms with E-state index in [0.717, 1.165) is 18.7 Å².